The summed E-state index contributed by atoms with van der Waals surface area (Å²) in [4.78, 5) is 32.7. The number of benzene rings is 1. The van der Waals surface area contributed by atoms with Crippen LogP contribution in [0.1, 0.15) is 26.7 Å². The van der Waals surface area contributed by atoms with Crippen LogP contribution < -0.4 is 0 Å². The summed E-state index contributed by atoms with van der Waals surface area (Å²) in [6, 6.07) is 13.2. The fourth-order valence-corrected chi connectivity index (χ4v) is 3.12. The predicted molar refractivity (Wildman–Crippen MR) is 96.7 cm³/mol. The lowest BCUT2D eigenvalue weighted by Crippen LogP contribution is -2.38. The van der Waals surface area contributed by atoms with E-state index in [9.17, 15) is 9.59 Å². The first-order valence-electron chi connectivity index (χ1n) is 8.46. The maximum atomic E-state index is 12.9. The number of aromatic nitrogens is 3. The number of nitrogens with zero attached hydrogens (tertiary/aromatic N) is 5. The van der Waals surface area contributed by atoms with Crippen molar-refractivity contribution in [3.8, 4) is 0 Å². The second-order valence-corrected chi connectivity index (χ2v) is 6.56. The number of amides is 2. The molecule has 4 rings (SSSR count). The van der Waals surface area contributed by atoms with E-state index in [4.69, 9.17) is 0 Å². The van der Waals surface area contributed by atoms with E-state index in [0.717, 1.165) is 16.6 Å². The van der Waals surface area contributed by atoms with Crippen LogP contribution in [0.25, 0.3) is 10.9 Å². The Morgan fingerprint density at radius 2 is 1.85 bits per heavy atom. The van der Waals surface area contributed by atoms with Crippen molar-refractivity contribution in [2.24, 2.45) is 0 Å². The van der Waals surface area contributed by atoms with Gasteiger partial charge in [-0.3, -0.25) is 14.3 Å². The molecule has 0 atom stereocenters. The van der Waals surface area contributed by atoms with Crippen LogP contribution in [0.2, 0.25) is 0 Å². The van der Waals surface area contributed by atoms with Crippen LogP contribution in [0.15, 0.2) is 42.5 Å². The van der Waals surface area contributed by atoms with E-state index in [2.05, 4.69) is 10.1 Å². The molecule has 0 unspecified atom stereocenters. The fourth-order valence-electron chi connectivity index (χ4n) is 3.12. The monoisotopic (exact) mass is 349 g/mol. The Kier molecular flexibility index (Phi) is 3.91. The van der Waals surface area contributed by atoms with Gasteiger partial charge in [-0.25, -0.2) is 4.98 Å². The van der Waals surface area contributed by atoms with Gasteiger partial charge in [0.2, 0.25) is 0 Å². The van der Waals surface area contributed by atoms with Gasteiger partial charge in [-0.2, -0.15) is 5.10 Å². The largest absolute Gasteiger partial charge is 0.343 e. The molecule has 7 nitrogen and oxygen atoms in total. The van der Waals surface area contributed by atoms with Gasteiger partial charge in [0.05, 0.1) is 24.3 Å². The number of carbonyl (C=O) groups excluding carboxylic acids is 2. The summed E-state index contributed by atoms with van der Waals surface area (Å²) in [6.07, 6.45) is 0. The van der Waals surface area contributed by atoms with Crippen molar-refractivity contribution >= 4 is 22.7 Å². The maximum Gasteiger partial charge on any atom is 0.273 e. The van der Waals surface area contributed by atoms with Crippen molar-refractivity contribution < 1.29 is 9.59 Å². The van der Waals surface area contributed by atoms with E-state index in [1.807, 2.05) is 30.3 Å². The fraction of sp³-hybridized carbons (Fsp3) is 0.263. The van der Waals surface area contributed by atoms with Crippen molar-refractivity contribution in [2.45, 2.75) is 13.1 Å². The highest BCUT2D eigenvalue weighted by Crippen LogP contribution is 2.18. The van der Waals surface area contributed by atoms with Crippen LogP contribution in [0.5, 0.6) is 0 Å². The zero-order valence-electron chi connectivity index (χ0n) is 14.7. The summed E-state index contributed by atoms with van der Waals surface area (Å²) >= 11 is 0. The molecule has 132 valence electrons. The second kappa shape index (κ2) is 6.25. The molecule has 0 aliphatic carbocycles. The molecule has 0 fully saturated rings. The highest BCUT2D eigenvalue weighted by molar-refractivity contribution is 5.95. The summed E-state index contributed by atoms with van der Waals surface area (Å²) in [7, 11) is 3.39. The van der Waals surface area contributed by atoms with Gasteiger partial charge in [-0.1, -0.05) is 24.3 Å². The molecular formula is C19H19N5O2. The third-order valence-corrected chi connectivity index (χ3v) is 4.53. The van der Waals surface area contributed by atoms with E-state index >= 15 is 0 Å². The minimum Gasteiger partial charge on any atom is -0.343 e. The van der Waals surface area contributed by atoms with E-state index in [-0.39, 0.29) is 11.8 Å². The number of fused-ring (bicyclic) bond motifs is 2. The van der Waals surface area contributed by atoms with Crippen LogP contribution in [-0.4, -0.2) is 57.0 Å². The summed E-state index contributed by atoms with van der Waals surface area (Å²) in [5, 5.41) is 5.36. The molecular weight excluding hydrogens is 330 g/mol. The lowest BCUT2D eigenvalue weighted by molar-refractivity contribution is 0.0699. The smallest absolute Gasteiger partial charge is 0.273 e. The Morgan fingerprint density at radius 3 is 2.65 bits per heavy atom. The quantitative estimate of drug-likeness (QED) is 0.707. The Labute approximate surface area is 150 Å². The van der Waals surface area contributed by atoms with Crippen molar-refractivity contribution in [1.29, 1.82) is 0 Å². The second-order valence-electron chi connectivity index (χ2n) is 6.56. The van der Waals surface area contributed by atoms with Crippen molar-refractivity contribution in [3.63, 3.8) is 0 Å². The van der Waals surface area contributed by atoms with Gasteiger partial charge in [-0.15, -0.1) is 0 Å². The molecule has 0 bridgehead atoms. The van der Waals surface area contributed by atoms with E-state index in [1.54, 1.807) is 35.8 Å². The third kappa shape index (κ3) is 2.81. The number of hydrogen-bond donors (Lipinski definition) is 0. The molecule has 2 aromatic heterocycles. The standard InChI is InChI=1S/C19H19N5O2/c1-22(2)18(25)17-11-14-12-23(9-10-24(14)21-17)19(26)16-8-7-13-5-3-4-6-15(13)20-16/h3-8,11H,9-10,12H2,1-2H3. The Morgan fingerprint density at radius 1 is 1.04 bits per heavy atom. The van der Waals surface area contributed by atoms with Crippen molar-refractivity contribution in [1.82, 2.24) is 24.6 Å². The topological polar surface area (TPSA) is 71.3 Å². The van der Waals surface area contributed by atoms with Crippen LogP contribution in [-0.2, 0) is 13.1 Å². The van der Waals surface area contributed by atoms with Gasteiger partial charge in [0.25, 0.3) is 11.8 Å². The van der Waals surface area contributed by atoms with Gasteiger partial charge < -0.3 is 9.80 Å². The molecule has 0 saturated carbocycles. The van der Waals surface area contributed by atoms with Crippen LogP contribution in [0.3, 0.4) is 0 Å². The van der Waals surface area contributed by atoms with Crippen molar-refractivity contribution in [2.75, 3.05) is 20.6 Å². The lowest BCUT2D eigenvalue weighted by Gasteiger charge is -2.27. The molecule has 1 aliphatic rings. The summed E-state index contributed by atoms with van der Waals surface area (Å²) < 4.78 is 1.80. The zero-order valence-corrected chi connectivity index (χ0v) is 14.7. The number of carbonyl (C=O) groups is 2. The molecule has 26 heavy (non-hydrogen) atoms. The lowest BCUT2D eigenvalue weighted by atomic mass is 10.2. The predicted octanol–water partition coefficient (Wildman–Crippen LogP) is 1.79. The van der Waals surface area contributed by atoms with Gasteiger partial charge in [0.15, 0.2) is 5.69 Å². The molecule has 3 heterocycles. The van der Waals surface area contributed by atoms with Crippen LogP contribution in [0.4, 0.5) is 0 Å². The number of pyridine rings is 1. The summed E-state index contributed by atoms with van der Waals surface area (Å²) in [5.74, 6) is -0.246. The molecule has 2 amide bonds. The number of para-hydroxylation sites is 1. The minimum atomic E-state index is -0.138. The molecule has 7 heteroatoms. The molecule has 0 N–H and O–H groups in total. The van der Waals surface area contributed by atoms with Crippen LogP contribution in [0, 0.1) is 0 Å². The molecule has 0 saturated heterocycles. The summed E-state index contributed by atoms with van der Waals surface area (Å²) in [6.45, 7) is 1.52. The summed E-state index contributed by atoms with van der Waals surface area (Å²) in [5.41, 5.74) is 2.50. The van der Waals surface area contributed by atoms with Crippen LogP contribution >= 0.6 is 0 Å². The highest BCUT2D eigenvalue weighted by Gasteiger charge is 2.25. The average molecular weight is 349 g/mol. The average Bonchev–Trinajstić information content (AvgIpc) is 3.09. The van der Waals surface area contributed by atoms with Gasteiger partial charge >= 0.3 is 0 Å². The van der Waals surface area contributed by atoms with Gasteiger partial charge in [-0.05, 0) is 18.2 Å². The van der Waals surface area contributed by atoms with E-state index in [1.165, 1.54) is 4.90 Å². The van der Waals surface area contributed by atoms with E-state index in [0.29, 0.717) is 31.0 Å². The Bertz CT molecular complexity index is 1010. The van der Waals surface area contributed by atoms with Gasteiger partial charge in [0, 0.05) is 26.0 Å². The molecule has 0 spiro atoms. The van der Waals surface area contributed by atoms with Gasteiger partial charge in [0.1, 0.15) is 5.69 Å². The normalized spacial score (nSPS) is 13.5. The highest BCUT2D eigenvalue weighted by atomic mass is 16.2. The van der Waals surface area contributed by atoms with Crippen molar-refractivity contribution in [3.05, 3.63) is 59.5 Å². The first kappa shape index (κ1) is 16.3. The first-order valence-corrected chi connectivity index (χ1v) is 8.46. The Balaban J connectivity index is 1.57. The molecule has 0 radical (unpaired) electrons. The zero-order chi connectivity index (χ0) is 18.3. The SMILES string of the molecule is CN(C)C(=O)c1cc2n(n1)CCN(C(=O)c1ccc3ccccc3n1)C2. The molecule has 1 aliphatic heterocycles. The first-order chi connectivity index (χ1) is 12.5. The maximum absolute atomic E-state index is 12.9. The van der Waals surface area contributed by atoms with E-state index < -0.39 is 0 Å². The number of hydrogen-bond acceptors (Lipinski definition) is 4. The number of rotatable bonds is 2. The molecule has 3 aromatic rings. The Hall–Kier alpha value is -3.22. The third-order valence-electron chi connectivity index (χ3n) is 4.53. The minimum absolute atomic E-state index is 0.108. The molecule has 1 aromatic carbocycles.